The van der Waals surface area contributed by atoms with Crippen LogP contribution in [0.2, 0.25) is 0 Å². The molecule has 0 bridgehead atoms. The van der Waals surface area contributed by atoms with Crippen molar-refractivity contribution in [3.05, 3.63) is 59.3 Å². The first-order valence-electron chi connectivity index (χ1n) is 9.03. The van der Waals surface area contributed by atoms with Gasteiger partial charge in [0.25, 0.3) is 0 Å². The quantitative estimate of drug-likeness (QED) is 0.711. The third-order valence-electron chi connectivity index (χ3n) is 4.59. The topological polar surface area (TPSA) is 75.1 Å². The highest BCUT2D eigenvalue weighted by atomic mass is 32.1. The van der Waals surface area contributed by atoms with Crippen molar-refractivity contribution in [2.75, 3.05) is 18.4 Å². The first-order chi connectivity index (χ1) is 13.3. The van der Waals surface area contributed by atoms with Gasteiger partial charge in [-0.1, -0.05) is 12.1 Å². The molecule has 2 amide bonds. The van der Waals surface area contributed by atoms with Crippen LogP contribution < -0.4 is 10.6 Å². The molecule has 1 aliphatic rings. The van der Waals surface area contributed by atoms with E-state index >= 15 is 0 Å². The molecule has 140 valence electrons. The smallest absolute Gasteiger partial charge is 0.319 e. The minimum Gasteiger partial charge on any atom is -0.334 e. The van der Waals surface area contributed by atoms with E-state index in [0.29, 0.717) is 0 Å². The van der Waals surface area contributed by atoms with Crippen molar-refractivity contribution in [3.8, 4) is 5.69 Å². The van der Waals surface area contributed by atoms with Gasteiger partial charge >= 0.3 is 6.03 Å². The molecule has 1 aliphatic heterocycles. The zero-order chi connectivity index (χ0) is 18.5. The van der Waals surface area contributed by atoms with Crippen molar-refractivity contribution in [2.45, 2.75) is 25.4 Å². The fourth-order valence-corrected chi connectivity index (χ4v) is 4.11. The Morgan fingerprint density at radius 3 is 3.07 bits per heavy atom. The molecule has 2 N–H and O–H groups in total. The summed E-state index contributed by atoms with van der Waals surface area (Å²) in [6.07, 6.45) is 5.21. The molecule has 7 nitrogen and oxygen atoms in total. The maximum absolute atomic E-state index is 12.4. The van der Waals surface area contributed by atoms with E-state index in [0.717, 1.165) is 43.9 Å². The monoisotopic (exact) mass is 382 g/mol. The molecule has 1 atom stereocenters. The Bertz CT molecular complexity index is 864. The van der Waals surface area contributed by atoms with Crippen LogP contribution >= 0.6 is 11.3 Å². The first-order valence-corrected chi connectivity index (χ1v) is 9.91. The molecule has 8 heteroatoms. The van der Waals surface area contributed by atoms with Gasteiger partial charge in [0.15, 0.2) is 0 Å². The molecule has 0 spiro atoms. The average molecular weight is 382 g/mol. The maximum atomic E-state index is 12.4. The lowest BCUT2D eigenvalue weighted by Crippen LogP contribution is -2.48. The van der Waals surface area contributed by atoms with E-state index in [1.165, 1.54) is 11.2 Å². The number of carbonyl (C=O) groups excluding carboxylic acids is 1. The Morgan fingerprint density at radius 2 is 2.26 bits per heavy atom. The van der Waals surface area contributed by atoms with E-state index in [4.69, 9.17) is 0 Å². The zero-order valence-corrected chi connectivity index (χ0v) is 15.7. The normalized spacial score (nSPS) is 17.6. The number of nitrogens with zero attached hydrogens (tertiary/aromatic N) is 4. The van der Waals surface area contributed by atoms with Gasteiger partial charge in [0, 0.05) is 29.7 Å². The number of thiophene rings is 1. The number of aromatic nitrogens is 3. The summed E-state index contributed by atoms with van der Waals surface area (Å²) in [5.41, 5.74) is 1.58. The van der Waals surface area contributed by atoms with Crippen LogP contribution in [0.15, 0.2) is 54.4 Å². The van der Waals surface area contributed by atoms with E-state index in [2.05, 4.69) is 43.1 Å². The second-order valence-corrected chi connectivity index (χ2v) is 7.67. The van der Waals surface area contributed by atoms with E-state index in [1.54, 1.807) is 22.3 Å². The molecule has 3 heterocycles. The lowest BCUT2D eigenvalue weighted by molar-refractivity contribution is 0.184. The van der Waals surface area contributed by atoms with Crippen LogP contribution in [0.1, 0.15) is 17.7 Å². The van der Waals surface area contributed by atoms with Crippen LogP contribution in [0, 0.1) is 0 Å². The van der Waals surface area contributed by atoms with E-state index in [1.807, 2.05) is 24.3 Å². The second-order valence-electron chi connectivity index (χ2n) is 6.64. The van der Waals surface area contributed by atoms with Gasteiger partial charge in [-0.3, -0.25) is 4.90 Å². The van der Waals surface area contributed by atoms with Crippen molar-refractivity contribution < 1.29 is 4.79 Å². The molecule has 1 unspecified atom stereocenters. The van der Waals surface area contributed by atoms with Crippen LogP contribution in [-0.4, -0.2) is 44.8 Å². The Kier molecular flexibility index (Phi) is 5.45. The Labute approximate surface area is 162 Å². The van der Waals surface area contributed by atoms with Gasteiger partial charge < -0.3 is 10.6 Å². The minimum atomic E-state index is -0.172. The molecule has 0 saturated carbocycles. The molecule has 1 aromatic carbocycles. The molecule has 0 aliphatic carbocycles. The van der Waals surface area contributed by atoms with E-state index < -0.39 is 0 Å². The Morgan fingerprint density at radius 1 is 1.30 bits per heavy atom. The molecule has 1 fully saturated rings. The molecule has 3 aromatic rings. The van der Waals surface area contributed by atoms with E-state index in [9.17, 15) is 4.79 Å². The lowest BCUT2D eigenvalue weighted by atomic mass is 10.1. The number of piperidine rings is 1. The molecule has 4 rings (SSSR count). The first kappa shape index (κ1) is 17.7. The minimum absolute atomic E-state index is 0.164. The SMILES string of the molecule is O=C(Nc1cccc(-n2cncn2)c1)NC1CCCN(Cc2cccs2)C1. The molecule has 27 heavy (non-hydrogen) atoms. The predicted octanol–water partition coefficient (Wildman–Crippen LogP) is 3.11. The van der Waals surface area contributed by atoms with Crippen LogP contribution in [-0.2, 0) is 6.54 Å². The predicted molar refractivity (Wildman–Crippen MR) is 106 cm³/mol. The molecular formula is C19H22N6OS. The number of likely N-dealkylation sites (tertiary alicyclic amines) is 1. The average Bonchev–Trinajstić information content (AvgIpc) is 3.36. The van der Waals surface area contributed by atoms with Crippen LogP contribution in [0.25, 0.3) is 5.69 Å². The maximum Gasteiger partial charge on any atom is 0.319 e. The van der Waals surface area contributed by atoms with Gasteiger partial charge in [-0.25, -0.2) is 14.5 Å². The van der Waals surface area contributed by atoms with Crippen LogP contribution in [0.5, 0.6) is 0 Å². The summed E-state index contributed by atoms with van der Waals surface area (Å²) in [6, 6.07) is 11.8. The zero-order valence-electron chi connectivity index (χ0n) is 14.9. The fraction of sp³-hybridized carbons (Fsp3) is 0.316. The summed E-state index contributed by atoms with van der Waals surface area (Å²) in [4.78, 5) is 20.2. The lowest BCUT2D eigenvalue weighted by Gasteiger charge is -2.32. The number of rotatable bonds is 5. The number of amides is 2. The molecule has 0 radical (unpaired) electrons. The highest BCUT2D eigenvalue weighted by Crippen LogP contribution is 2.17. The summed E-state index contributed by atoms with van der Waals surface area (Å²) in [7, 11) is 0. The van der Waals surface area contributed by atoms with Gasteiger partial charge in [-0.05, 0) is 49.0 Å². The third kappa shape index (κ3) is 4.72. The fourth-order valence-electron chi connectivity index (χ4n) is 3.36. The van der Waals surface area contributed by atoms with Gasteiger partial charge in [0.1, 0.15) is 12.7 Å². The second kappa shape index (κ2) is 8.32. The summed E-state index contributed by atoms with van der Waals surface area (Å²) in [5.74, 6) is 0. The van der Waals surface area contributed by atoms with Crippen molar-refractivity contribution >= 4 is 23.1 Å². The van der Waals surface area contributed by atoms with Gasteiger partial charge in [0.05, 0.1) is 5.69 Å². The van der Waals surface area contributed by atoms with E-state index in [-0.39, 0.29) is 12.1 Å². The van der Waals surface area contributed by atoms with Crippen molar-refractivity contribution in [1.82, 2.24) is 25.0 Å². The Balaban J connectivity index is 1.32. The van der Waals surface area contributed by atoms with Crippen molar-refractivity contribution in [2.24, 2.45) is 0 Å². The van der Waals surface area contributed by atoms with Crippen LogP contribution in [0.3, 0.4) is 0 Å². The number of nitrogens with one attached hydrogen (secondary N) is 2. The third-order valence-corrected chi connectivity index (χ3v) is 5.45. The number of anilines is 1. The summed E-state index contributed by atoms with van der Waals surface area (Å²) in [5, 5.41) is 12.3. The standard InChI is InChI=1S/C19H22N6OS/c26-19(22-15-4-1-6-17(10-15)25-14-20-13-21-25)23-16-5-2-8-24(11-16)12-18-7-3-9-27-18/h1,3-4,6-7,9-10,13-14,16H,2,5,8,11-12H2,(H2,22,23,26). The molecular weight excluding hydrogens is 360 g/mol. The summed E-state index contributed by atoms with van der Waals surface area (Å²) < 4.78 is 1.66. The van der Waals surface area contributed by atoms with Gasteiger partial charge in [-0.2, -0.15) is 5.10 Å². The summed E-state index contributed by atoms with van der Waals surface area (Å²) >= 11 is 1.78. The number of benzene rings is 1. The van der Waals surface area contributed by atoms with Gasteiger partial charge in [-0.15, -0.1) is 11.3 Å². The van der Waals surface area contributed by atoms with Crippen molar-refractivity contribution in [1.29, 1.82) is 0 Å². The Hall–Kier alpha value is -2.71. The molecule has 1 saturated heterocycles. The van der Waals surface area contributed by atoms with Crippen LogP contribution in [0.4, 0.5) is 10.5 Å². The highest BCUT2D eigenvalue weighted by Gasteiger charge is 2.21. The number of hydrogen-bond donors (Lipinski definition) is 2. The number of carbonyl (C=O) groups is 1. The summed E-state index contributed by atoms with van der Waals surface area (Å²) in [6.45, 7) is 2.92. The highest BCUT2D eigenvalue weighted by molar-refractivity contribution is 7.09. The van der Waals surface area contributed by atoms with Gasteiger partial charge in [0.2, 0.25) is 0 Å². The van der Waals surface area contributed by atoms with Crippen molar-refractivity contribution in [3.63, 3.8) is 0 Å². The molecule has 2 aromatic heterocycles. The number of urea groups is 1. The largest absolute Gasteiger partial charge is 0.334 e. The number of hydrogen-bond acceptors (Lipinski definition) is 5.